The van der Waals surface area contributed by atoms with Crippen LogP contribution in [-0.2, 0) is 0 Å². The van der Waals surface area contributed by atoms with Gasteiger partial charge in [0.15, 0.2) is 11.4 Å². The standard InChI is InChI=1S/C28H27N5O2/c1-17(2)33-26-23(15-30-33)22(14-24(32-26)21-13-9-8-10-18(21)3)27(34)31-19(4)28-29-16-25(35-28)20-11-6-5-7-12-20/h5-17,19H,1-4H3,(H,31,34). The summed E-state index contributed by atoms with van der Waals surface area (Å²) in [5.41, 5.74) is 4.93. The molecule has 176 valence electrons. The summed E-state index contributed by atoms with van der Waals surface area (Å²) in [7, 11) is 0. The minimum absolute atomic E-state index is 0.102. The molecule has 7 nitrogen and oxygen atoms in total. The van der Waals surface area contributed by atoms with E-state index < -0.39 is 6.04 Å². The summed E-state index contributed by atoms with van der Waals surface area (Å²) >= 11 is 0. The molecule has 2 aromatic carbocycles. The van der Waals surface area contributed by atoms with E-state index >= 15 is 0 Å². The normalized spacial score (nSPS) is 12.3. The van der Waals surface area contributed by atoms with Gasteiger partial charge in [-0.1, -0.05) is 54.6 Å². The number of pyridine rings is 1. The van der Waals surface area contributed by atoms with Crippen LogP contribution in [0, 0.1) is 6.92 Å². The second-order valence-corrected chi connectivity index (χ2v) is 8.91. The maximum Gasteiger partial charge on any atom is 0.252 e. The van der Waals surface area contributed by atoms with Crippen molar-refractivity contribution in [3.05, 3.63) is 90.1 Å². The molecule has 5 aromatic rings. The summed E-state index contributed by atoms with van der Waals surface area (Å²) in [6, 6.07) is 19.3. The number of rotatable bonds is 6. The van der Waals surface area contributed by atoms with Crippen LogP contribution in [0.1, 0.15) is 54.7 Å². The first-order chi connectivity index (χ1) is 16.9. The van der Waals surface area contributed by atoms with Crippen LogP contribution in [-0.4, -0.2) is 25.7 Å². The summed E-state index contributed by atoms with van der Waals surface area (Å²) in [4.78, 5) is 22.8. The van der Waals surface area contributed by atoms with Crippen molar-refractivity contribution < 1.29 is 9.21 Å². The van der Waals surface area contributed by atoms with Crippen molar-refractivity contribution in [3.8, 4) is 22.6 Å². The third-order valence-electron chi connectivity index (χ3n) is 6.02. The highest BCUT2D eigenvalue weighted by Gasteiger charge is 2.22. The van der Waals surface area contributed by atoms with Crippen LogP contribution in [0.25, 0.3) is 33.6 Å². The summed E-state index contributed by atoms with van der Waals surface area (Å²) in [5.74, 6) is 0.870. The molecule has 1 amide bonds. The SMILES string of the molecule is Cc1ccccc1-c1cc(C(=O)NC(C)c2ncc(-c3ccccc3)o2)c2cnn(C(C)C)c2n1. The Hall–Kier alpha value is -4.26. The van der Waals surface area contributed by atoms with Crippen molar-refractivity contribution >= 4 is 16.9 Å². The third-order valence-corrected chi connectivity index (χ3v) is 6.02. The van der Waals surface area contributed by atoms with Crippen LogP contribution >= 0.6 is 0 Å². The van der Waals surface area contributed by atoms with Gasteiger partial charge in [0, 0.05) is 17.2 Å². The summed E-state index contributed by atoms with van der Waals surface area (Å²) in [5, 5.41) is 8.26. The first-order valence-electron chi connectivity index (χ1n) is 11.7. The van der Waals surface area contributed by atoms with E-state index in [1.807, 2.05) is 93.0 Å². The number of benzene rings is 2. The van der Waals surface area contributed by atoms with Crippen molar-refractivity contribution in [1.82, 2.24) is 25.1 Å². The van der Waals surface area contributed by atoms with Crippen molar-refractivity contribution in [2.45, 2.75) is 39.8 Å². The summed E-state index contributed by atoms with van der Waals surface area (Å²) < 4.78 is 7.79. The van der Waals surface area contributed by atoms with Gasteiger partial charge in [-0.2, -0.15) is 5.10 Å². The molecular weight excluding hydrogens is 438 g/mol. The highest BCUT2D eigenvalue weighted by Crippen LogP contribution is 2.29. The van der Waals surface area contributed by atoms with Gasteiger partial charge in [0.25, 0.3) is 5.91 Å². The molecule has 0 saturated carbocycles. The predicted molar refractivity (Wildman–Crippen MR) is 136 cm³/mol. The number of nitrogens with zero attached hydrogens (tertiary/aromatic N) is 4. The molecule has 0 aliphatic carbocycles. The minimum atomic E-state index is -0.426. The molecule has 0 radical (unpaired) electrons. The molecule has 1 N–H and O–H groups in total. The zero-order chi connectivity index (χ0) is 24.5. The van der Waals surface area contributed by atoms with E-state index in [2.05, 4.69) is 15.4 Å². The number of carbonyl (C=O) groups excluding carboxylic acids is 1. The van der Waals surface area contributed by atoms with Crippen LogP contribution < -0.4 is 5.32 Å². The van der Waals surface area contributed by atoms with Gasteiger partial charge in [0.2, 0.25) is 5.89 Å². The monoisotopic (exact) mass is 465 g/mol. The van der Waals surface area contributed by atoms with E-state index in [4.69, 9.17) is 9.40 Å². The number of amides is 1. The Bertz CT molecular complexity index is 1500. The number of nitrogens with one attached hydrogen (secondary N) is 1. The zero-order valence-corrected chi connectivity index (χ0v) is 20.2. The number of carbonyl (C=O) groups is 1. The van der Waals surface area contributed by atoms with Crippen LogP contribution in [0.5, 0.6) is 0 Å². The fourth-order valence-electron chi connectivity index (χ4n) is 4.14. The number of hydrogen-bond donors (Lipinski definition) is 1. The quantitative estimate of drug-likeness (QED) is 0.326. The molecular formula is C28H27N5O2. The van der Waals surface area contributed by atoms with Crippen molar-refractivity contribution in [2.75, 3.05) is 0 Å². The lowest BCUT2D eigenvalue weighted by molar-refractivity contribution is 0.0936. The van der Waals surface area contributed by atoms with Gasteiger partial charge in [-0.15, -0.1) is 0 Å². The zero-order valence-electron chi connectivity index (χ0n) is 20.2. The predicted octanol–water partition coefficient (Wildman–Crippen LogP) is 6.13. The Morgan fingerprint density at radius 3 is 2.49 bits per heavy atom. The molecule has 3 heterocycles. The smallest absolute Gasteiger partial charge is 0.252 e. The second-order valence-electron chi connectivity index (χ2n) is 8.91. The number of oxazole rings is 1. The topological polar surface area (TPSA) is 85.8 Å². The lowest BCUT2D eigenvalue weighted by Gasteiger charge is -2.14. The highest BCUT2D eigenvalue weighted by atomic mass is 16.4. The molecule has 0 spiro atoms. The molecule has 7 heteroatoms. The van der Waals surface area contributed by atoms with E-state index in [0.717, 1.165) is 22.4 Å². The van der Waals surface area contributed by atoms with Gasteiger partial charge in [-0.3, -0.25) is 4.79 Å². The maximum atomic E-state index is 13.5. The number of aromatic nitrogens is 4. The van der Waals surface area contributed by atoms with Crippen molar-refractivity contribution in [3.63, 3.8) is 0 Å². The Morgan fingerprint density at radius 1 is 1.00 bits per heavy atom. The van der Waals surface area contributed by atoms with E-state index in [1.54, 1.807) is 12.4 Å². The molecule has 0 fully saturated rings. The van der Waals surface area contributed by atoms with Crippen LogP contribution in [0.15, 0.2) is 77.5 Å². The number of aryl methyl sites for hydroxylation is 1. The molecule has 1 atom stereocenters. The van der Waals surface area contributed by atoms with Gasteiger partial charge in [0.1, 0.15) is 6.04 Å². The molecule has 3 aromatic heterocycles. The molecule has 0 saturated heterocycles. The molecule has 35 heavy (non-hydrogen) atoms. The van der Waals surface area contributed by atoms with Crippen molar-refractivity contribution in [1.29, 1.82) is 0 Å². The lowest BCUT2D eigenvalue weighted by Crippen LogP contribution is -2.27. The average Bonchev–Trinajstić information content (AvgIpc) is 3.52. The Kier molecular flexibility index (Phi) is 5.91. The van der Waals surface area contributed by atoms with E-state index in [9.17, 15) is 4.79 Å². The van der Waals surface area contributed by atoms with Gasteiger partial charge in [-0.25, -0.2) is 14.6 Å². The van der Waals surface area contributed by atoms with E-state index in [1.165, 1.54) is 0 Å². The third kappa shape index (κ3) is 4.33. The number of hydrogen-bond acceptors (Lipinski definition) is 5. The summed E-state index contributed by atoms with van der Waals surface area (Å²) in [6.07, 6.45) is 3.39. The second kappa shape index (κ2) is 9.18. The fraction of sp³-hybridized carbons (Fsp3) is 0.214. The lowest BCUT2D eigenvalue weighted by atomic mass is 10.0. The van der Waals surface area contributed by atoms with Crippen LogP contribution in [0.2, 0.25) is 0 Å². The first-order valence-corrected chi connectivity index (χ1v) is 11.7. The molecule has 1 unspecified atom stereocenters. The van der Waals surface area contributed by atoms with Gasteiger partial charge in [0.05, 0.1) is 29.0 Å². The first kappa shape index (κ1) is 22.5. The van der Waals surface area contributed by atoms with Gasteiger partial charge < -0.3 is 9.73 Å². The Morgan fingerprint density at radius 2 is 1.74 bits per heavy atom. The van der Waals surface area contributed by atoms with E-state index in [-0.39, 0.29) is 11.9 Å². The fourth-order valence-corrected chi connectivity index (χ4v) is 4.14. The molecule has 0 bridgehead atoms. The molecule has 0 aliphatic rings. The van der Waals surface area contributed by atoms with Crippen LogP contribution in [0.4, 0.5) is 0 Å². The van der Waals surface area contributed by atoms with Crippen LogP contribution in [0.3, 0.4) is 0 Å². The Labute approximate surface area is 203 Å². The van der Waals surface area contributed by atoms with Gasteiger partial charge >= 0.3 is 0 Å². The Balaban J connectivity index is 1.50. The van der Waals surface area contributed by atoms with Gasteiger partial charge in [-0.05, 0) is 39.3 Å². The minimum Gasteiger partial charge on any atom is -0.438 e. The number of fused-ring (bicyclic) bond motifs is 1. The maximum absolute atomic E-state index is 13.5. The molecule has 5 rings (SSSR count). The summed E-state index contributed by atoms with van der Waals surface area (Å²) in [6.45, 7) is 7.99. The van der Waals surface area contributed by atoms with E-state index in [0.29, 0.717) is 28.2 Å². The highest BCUT2D eigenvalue weighted by molar-refractivity contribution is 6.06. The van der Waals surface area contributed by atoms with Crippen molar-refractivity contribution in [2.24, 2.45) is 0 Å². The largest absolute Gasteiger partial charge is 0.438 e. The average molecular weight is 466 g/mol. The molecule has 0 aliphatic heterocycles.